The molecular weight excluding hydrogens is 371 g/mol. The molecule has 7 heteroatoms. The molecule has 0 saturated heterocycles. The molecule has 0 aliphatic carbocycles. The molecule has 0 saturated carbocycles. The molecule has 0 atom stereocenters. The van der Waals surface area contributed by atoms with Gasteiger partial charge in [0.2, 0.25) is 0 Å². The number of nitrogens with one attached hydrogen (secondary N) is 1. The number of rotatable bonds is 3. The van der Waals surface area contributed by atoms with Gasteiger partial charge in [-0.25, -0.2) is 9.97 Å². The van der Waals surface area contributed by atoms with E-state index in [1.165, 1.54) is 0 Å². The molecule has 1 N–H and O–H groups in total. The summed E-state index contributed by atoms with van der Waals surface area (Å²) >= 11 is 0. The predicted octanol–water partition coefficient (Wildman–Crippen LogP) is 4.68. The number of hydrogen-bond donors (Lipinski definition) is 1. The number of imidazole rings is 1. The number of fused-ring (bicyclic) bond motifs is 2. The summed E-state index contributed by atoms with van der Waals surface area (Å²) < 4.78 is 18.3. The number of oxazole rings is 1. The molecule has 0 radical (unpaired) electrons. The highest BCUT2D eigenvalue weighted by Gasteiger charge is 2.15. The van der Waals surface area contributed by atoms with Crippen molar-refractivity contribution >= 4 is 34.6 Å². The van der Waals surface area contributed by atoms with Crippen LogP contribution in [0.3, 0.4) is 0 Å². The lowest BCUT2D eigenvalue weighted by Gasteiger charge is -2.08. The van der Waals surface area contributed by atoms with Crippen molar-refractivity contribution in [3.8, 4) is 22.8 Å². The summed E-state index contributed by atoms with van der Waals surface area (Å²) in [4.78, 5) is 16.6. The molecule has 3 heterocycles. The van der Waals surface area contributed by atoms with Crippen LogP contribution in [-0.2, 0) is 4.57 Å². The normalized spacial score (nSPS) is 12.1. The van der Waals surface area contributed by atoms with Crippen LogP contribution in [0.2, 0.25) is 0 Å². The smallest absolute Gasteiger partial charge is 0.264 e. The Labute approximate surface area is 161 Å². The van der Waals surface area contributed by atoms with Gasteiger partial charge in [-0.2, -0.15) is 0 Å². The Morgan fingerprint density at radius 3 is 2.61 bits per heavy atom. The number of benzene rings is 2. The van der Waals surface area contributed by atoms with Gasteiger partial charge in [0.15, 0.2) is 11.4 Å². The molecule has 138 valence electrons. The number of pyridine rings is 1. The highest BCUT2D eigenvalue weighted by Crippen LogP contribution is 2.35. The minimum Gasteiger partial charge on any atom is -0.434 e. The minimum absolute atomic E-state index is 0.446. The zero-order chi connectivity index (χ0) is 19.3. The zero-order valence-corrected chi connectivity index (χ0v) is 16.3. The van der Waals surface area contributed by atoms with Crippen molar-refractivity contribution in [2.75, 3.05) is 13.3 Å². The van der Waals surface area contributed by atoms with Crippen LogP contribution >= 0.6 is 7.14 Å². The van der Waals surface area contributed by atoms with E-state index in [-0.39, 0.29) is 0 Å². The van der Waals surface area contributed by atoms with Gasteiger partial charge in [0.1, 0.15) is 12.7 Å². The maximum Gasteiger partial charge on any atom is 0.264 e. The first-order valence-electron chi connectivity index (χ1n) is 8.84. The van der Waals surface area contributed by atoms with Crippen molar-refractivity contribution < 1.29 is 8.98 Å². The maximum absolute atomic E-state index is 12.4. The molecule has 0 aliphatic rings. The van der Waals surface area contributed by atoms with Crippen molar-refractivity contribution in [2.24, 2.45) is 0 Å². The molecule has 6 nitrogen and oxygen atoms in total. The van der Waals surface area contributed by atoms with E-state index in [9.17, 15) is 4.57 Å². The fourth-order valence-electron chi connectivity index (χ4n) is 3.14. The molecule has 0 fully saturated rings. The van der Waals surface area contributed by atoms with E-state index in [1.807, 2.05) is 48.5 Å². The van der Waals surface area contributed by atoms with Crippen LogP contribution in [0.25, 0.3) is 45.0 Å². The second-order valence-corrected chi connectivity index (χ2v) is 10.3. The lowest BCUT2D eigenvalue weighted by molar-refractivity contribution is 0.588. The lowest BCUT2D eigenvalue weighted by Crippen LogP contribution is -2.04. The van der Waals surface area contributed by atoms with Crippen LogP contribution in [0.1, 0.15) is 0 Å². The molecule has 0 unspecified atom stereocenters. The first kappa shape index (κ1) is 16.9. The summed E-state index contributed by atoms with van der Waals surface area (Å²) in [7, 11) is -2.37. The average Bonchev–Trinajstić information content (AvgIpc) is 3.30. The summed E-state index contributed by atoms with van der Waals surface area (Å²) in [5, 5.41) is 0.755. The Balaban J connectivity index is 1.58. The largest absolute Gasteiger partial charge is 0.434 e. The summed E-state index contributed by atoms with van der Waals surface area (Å²) in [6.45, 7) is 3.49. The minimum atomic E-state index is -2.37. The summed E-state index contributed by atoms with van der Waals surface area (Å²) in [6.07, 6.45) is 3.42. The third kappa shape index (κ3) is 2.92. The molecule has 0 spiro atoms. The highest BCUT2D eigenvalue weighted by molar-refractivity contribution is 7.70. The topological polar surface area (TPSA) is 84.7 Å². The van der Waals surface area contributed by atoms with Crippen LogP contribution in [0, 0.1) is 0 Å². The predicted molar refractivity (Wildman–Crippen MR) is 111 cm³/mol. The average molecular weight is 388 g/mol. The van der Waals surface area contributed by atoms with Gasteiger partial charge in [0.05, 0.1) is 11.0 Å². The van der Waals surface area contributed by atoms with Crippen LogP contribution in [0.4, 0.5) is 0 Å². The van der Waals surface area contributed by atoms with Gasteiger partial charge in [-0.15, -0.1) is 0 Å². The van der Waals surface area contributed by atoms with E-state index in [0.717, 1.165) is 33.0 Å². The van der Waals surface area contributed by atoms with Crippen molar-refractivity contribution in [1.82, 2.24) is 19.9 Å². The summed E-state index contributed by atoms with van der Waals surface area (Å²) in [5.74, 6) is 1.04. The van der Waals surface area contributed by atoms with Gasteiger partial charge in [-0.3, -0.25) is 4.98 Å². The molecule has 0 bridgehead atoms. The molecule has 28 heavy (non-hydrogen) atoms. The number of aromatic nitrogens is 4. The van der Waals surface area contributed by atoms with E-state index < -0.39 is 7.14 Å². The van der Waals surface area contributed by atoms with Crippen LogP contribution in [0.5, 0.6) is 0 Å². The molecule has 3 aromatic heterocycles. The lowest BCUT2D eigenvalue weighted by atomic mass is 10.1. The zero-order valence-electron chi connectivity index (χ0n) is 15.4. The number of nitrogens with zero attached hydrogens (tertiary/aromatic N) is 3. The van der Waals surface area contributed by atoms with Crippen molar-refractivity contribution in [1.29, 1.82) is 0 Å². The monoisotopic (exact) mass is 388 g/mol. The number of hydrogen-bond acceptors (Lipinski definition) is 5. The van der Waals surface area contributed by atoms with E-state index in [1.54, 1.807) is 25.7 Å². The van der Waals surface area contributed by atoms with Gasteiger partial charge in [-0.1, -0.05) is 18.2 Å². The van der Waals surface area contributed by atoms with Gasteiger partial charge < -0.3 is 14.0 Å². The van der Waals surface area contributed by atoms with Crippen molar-refractivity contribution in [3.05, 3.63) is 60.9 Å². The fraction of sp³-hybridized carbons (Fsp3) is 0.0952. The summed E-state index contributed by atoms with van der Waals surface area (Å²) in [6, 6.07) is 15.5. The number of para-hydroxylation sites is 2. The molecule has 5 rings (SSSR count). The Hall–Kier alpha value is -3.24. The SMILES string of the molecule is CP(C)(=O)c1cncc(-c2ccc3nc(-c4nc5ccccc5[nH]4)oc3c2)c1. The first-order valence-corrected chi connectivity index (χ1v) is 11.4. The molecule has 5 aromatic rings. The van der Waals surface area contributed by atoms with Crippen LogP contribution in [0.15, 0.2) is 65.3 Å². The quantitative estimate of drug-likeness (QED) is 0.454. The third-order valence-electron chi connectivity index (χ3n) is 4.66. The molecule has 2 aromatic carbocycles. The van der Waals surface area contributed by atoms with E-state index >= 15 is 0 Å². The van der Waals surface area contributed by atoms with Crippen molar-refractivity contribution in [3.63, 3.8) is 0 Å². The number of aromatic amines is 1. The van der Waals surface area contributed by atoms with E-state index in [2.05, 4.69) is 19.9 Å². The van der Waals surface area contributed by atoms with E-state index in [4.69, 9.17) is 4.42 Å². The Morgan fingerprint density at radius 1 is 0.929 bits per heavy atom. The van der Waals surface area contributed by atoms with Crippen molar-refractivity contribution in [2.45, 2.75) is 0 Å². The second kappa shape index (κ2) is 6.14. The fourth-order valence-corrected chi connectivity index (χ4v) is 3.93. The Kier molecular flexibility index (Phi) is 3.71. The van der Waals surface area contributed by atoms with Gasteiger partial charge in [0, 0.05) is 23.3 Å². The number of H-pyrrole nitrogens is 1. The molecule has 0 aliphatic heterocycles. The highest BCUT2D eigenvalue weighted by atomic mass is 31.2. The molecular formula is C21H17N4O2P. The van der Waals surface area contributed by atoms with E-state index in [0.29, 0.717) is 17.3 Å². The molecule has 0 amide bonds. The van der Waals surface area contributed by atoms with Crippen LogP contribution < -0.4 is 5.30 Å². The van der Waals surface area contributed by atoms with Crippen LogP contribution in [-0.4, -0.2) is 33.3 Å². The second-order valence-electron chi connectivity index (χ2n) is 7.09. The maximum atomic E-state index is 12.4. The Morgan fingerprint density at radius 2 is 1.79 bits per heavy atom. The standard InChI is InChI=1S/C21H17N4O2P/c1-28(2,26)15-9-14(11-22-12-15)13-7-8-18-19(10-13)27-21(25-18)20-23-16-5-3-4-6-17(16)24-20/h3-12H,1-2H3,(H,23,24). The van der Waals surface area contributed by atoms with Gasteiger partial charge >= 0.3 is 0 Å². The van der Waals surface area contributed by atoms with Gasteiger partial charge in [0.25, 0.3) is 5.89 Å². The summed E-state index contributed by atoms with van der Waals surface area (Å²) in [5.41, 5.74) is 5.04. The first-order chi connectivity index (χ1) is 13.5. The third-order valence-corrected chi connectivity index (χ3v) is 6.15. The Bertz CT molecular complexity index is 1350. The van der Waals surface area contributed by atoms with Gasteiger partial charge in [-0.05, 0) is 49.2 Å².